The molecule has 0 aromatic carbocycles. The number of ether oxygens (including phenoxy) is 1. The highest BCUT2D eigenvalue weighted by Crippen LogP contribution is 2.27. The van der Waals surface area contributed by atoms with Crippen molar-refractivity contribution in [2.45, 2.75) is 26.1 Å². The van der Waals surface area contributed by atoms with Crippen LogP contribution in [0.3, 0.4) is 0 Å². The minimum absolute atomic E-state index is 0.0399. The van der Waals surface area contributed by atoms with Gasteiger partial charge in [0.15, 0.2) is 5.13 Å². The zero-order valence-electron chi connectivity index (χ0n) is 11.4. The number of halogens is 1. The smallest absolute Gasteiger partial charge is 0.185 e. The number of aryl methyl sites for hydroxylation is 2. The van der Waals surface area contributed by atoms with Crippen LogP contribution in [0.15, 0.2) is 0 Å². The van der Waals surface area contributed by atoms with Crippen molar-refractivity contribution in [1.82, 2.24) is 9.88 Å². The van der Waals surface area contributed by atoms with E-state index in [0.717, 1.165) is 37.0 Å². The number of rotatable bonds is 2. The van der Waals surface area contributed by atoms with E-state index in [4.69, 9.17) is 4.74 Å². The number of hydrogen-bond donors (Lipinski definition) is 0. The molecule has 0 radical (unpaired) electrons. The van der Waals surface area contributed by atoms with Crippen LogP contribution < -0.4 is 4.90 Å². The molecule has 0 spiro atoms. The van der Waals surface area contributed by atoms with Gasteiger partial charge in [-0.15, -0.1) is 11.3 Å². The minimum Gasteiger partial charge on any atom is -0.377 e. The monoisotopic (exact) mass is 285 g/mol. The lowest BCUT2D eigenvalue weighted by Gasteiger charge is -2.37. The van der Waals surface area contributed by atoms with Crippen LogP contribution in [0.4, 0.5) is 9.52 Å². The lowest BCUT2D eigenvalue weighted by molar-refractivity contribution is 0.127. The normalized spacial score (nSPS) is 29.1. The van der Waals surface area contributed by atoms with E-state index in [9.17, 15) is 4.39 Å². The van der Waals surface area contributed by atoms with Crippen LogP contribution in [0.25, 0.3) is 0 Å². The van der Waals surface area contributed by atoms with Gasteiger partial charge in [-0.05, 0) is 13.8 Å². The summed E-state index contributed by atoms with van der Waals surface area (Å²) in [6, 6.07) is -0.0399. The predicted molar refractivity (Wildman–Crippen MR) is 74.9 cm³/mol. The fraction of sp³-hybridized carbons (Fsp3) is 0.769. The van der Waals surface area contributed by atoms with Gasteiger partial charge in [-0.1, -0.05) is 0 Å². The van der Waals surface area contributed by atoms with Gasteiger partial charge in [0.2, 0.25) is 0 Å². The number of aromatic nitrogens is 1. The fourth-order valence-electron chi connectivity index (χ4n) is 2.69. The molecule has 2 saturated heterocycles. The van der Waals surface area contributed by atoms with Gasteiger partial charge in [0, 0.05) is 31.1 Å². The molecule has 2 aliphatic heterocycles. The fourth-order valence-corrected chi connectivity index (χ4v) is 3.65. The van der Waals surface area contributed by atoms with Gasteiger partial charge in [-0.25, -0.2) is 9.37 Å². The maximum absolute atomic E-state index is 13.7. The zero-order valence-corrected chi connectivity index (χ0v) is 12.2. The third-order valence-electron chi connectivity index (χ3n) is 4.05. The number of anilines is 1. The largest absolute Gasteiger partial charge is 0.377 e. The van der Waals surface area contributed by atoms with Gasteiger partial charge in [0.1, 0.15) is 6.17 Å². The van der Waals surface area contributed by atoms with Crippen LogP contribution in [0.1, 0.15) is 10.6 Å². The van der Waals surface area contributed by atoms with Crippen LogP contribution >= 0.6 is 11.3 Å². The third-order valence-corrected chi connectivity index (χ3v) is 5.19. The first kappa shape index (κ1) is 13.3. The van der Waals surface area contributed by atoms with Crippen molar-refractivity contribution in [2.24, 2.45) is 0 Å². The second kappa shape index (κ2) is 5.34. The Balaban J connectivity index is 1.60. The third kappa shape index (κ3) is 2.61. The Hall–Kier alpha value is -0.720. The summed E-state index contributed by atoms with van der Waals surface area (Å²) in [4.78, 5) is 10.4. The summed E-state index contributed by atoms with van der Waals surface area (Å²) in [6.07, 6.45) is -0.823. The number of hydrogen-bond acceptors (Lipinski definition) is 5. The van der Waals surface area contributed by atoms with Crippen molar-refractivity contribution in [3.8, 4) is 0 Å². The topological polar surface area (TPSA) is 28.6 Å². The van der Waals surface area contributed by atoms with Crippen molar-refractivity contribution >= 4 is 16.5 Å². The first-order valence-corrected chi connectivity index (χ1v) is 7.61. The Morgan fingerprint density at radius 2 is 1.95 bits per heavy atom. The van der Waals surface area contributed by atoms with Gasteiger partial charge in [0.25, 0.3) is 0 Å². The Labute approximate surface area is 117 Å². The van der Waals surface area contributed by atoms with Crippen molar-refractivity contribution in [3.05, 3.63) is 10.6 Å². The van der Waals surface area contributed by atoms with Crippen molar-refractivity contribution in [3.63, 3.8) is 0 Å². The molecule has 3 heterocycles. The molecule has 0 bridgehead atoms. The van der Waals surface area contributed by atoms with E-state index >= 15 is 0 Å². The quantitative estimate of drug-likeness (QED) is 0.825. The molecule has 106 valence electrons. The summed E-state index contributed by atoms with van der Waals surface area (Å²) < 4.78 is 18.9. The van der Waals surface area contributed by atoms with E-state index in [-0.39, 0.29) is 12.6 Å². The van der Waals surface area contributed by atoms with Crippen molar-refractivity contribution < 1.29 is 9.13 Å². The van der Waals surface area contributed by atoms with Gasteiger partial charge in [-0.3, -0.25) is 4.90 Å². The SMILES string of the molecule is Cc1nc(N2CCN(C3COCC3F)CC2)sc1C. The lowest BCUT2D eigenvalue weighted by atomic mass is 10.1. The maximum Gasteiger partial charge on any atom is 0.185 e. The Bertz CT molecular complexity index is 426. The molecule has 2 unspecified atom stereocenters. The number of nitrogens with zero attached hydrogens (tertiary/aromatic N) is 3. The molecule has 6 heteroatoms. The number of alkyl halides is 1. The maximum atomic E-state index is 13.7. The molecule has 0 amide bonds. The second-order valence-electron chi connectivity index (χ2n) is 5.28. The molecule has 0 N–H and O–H groups in total. The van der Waals surface area contributed by atoms with Gasteiger partial charge < -0.3 is 9.64 Å². The Kier molecular flexibility index (Phi) is 3.73. The van der Waals surface area contributed by atoms with E-state index in [1.54, 1.807) is 11.3 Å². The summed E-state index contributed by atoms with van der Waals surface area (Å²) >= 11 is 1.75. The number of thiazole rings is 1. The summed E-state index contributed by atoms with van der Waals surface area (Å²) in [5.74, 6) is 0. The molecule has 0 saturated carbocycles. The molecule has 2 atom stereocenters. The second-order valence-corrected chi connectivity index (χ2v) is 6.46. The lowest BCUT2D eigenvalue weighted by Crippen LogP contribution is -2.53. The summed E-state index contributed by atoms with van der Waals surface area (Å²) in [5.41, 5.74) is 1.12. The van der Waals surface area contributed by atoms with Gasteiger partial charge in [0.05, 0.1) is 24.9 Å². The van der Waals surface area contributed by atoms with Crippen molar-refractivity contribution in [1.29, 1.82) is 0 Å². The molecule has 2 fully saturated rings. The molecule has 1 aromatic rings. The Morgan fingerprint density at radius 1 is 1.21 bits per heavy atom. The highest BCUT2D eigenvalue weighted by atomic mass is 32.1. The van der Waals surface area contributed by atoms with E-state index in [0.29, 0.717) is 6.61 Å². The standard InChI is InChI=1S/C13H20FN3OS/c1-9-10(2)19-13(15-9)17-5-3-16(4-6-17)12-8-18-7-11(12)14/h11-12H,3-8H2,1-2H3. The summed E-state index contributed by atoms with van der Waals surface area (Å²) in [6.45, 7) is 8.60. The van der Waals surface area contributed by atoms with Crippen LogP contribution in [-0.2, 0) is 4.74 Å². The molecular weight excluding hydrogens is 265 g/mol. The van der Waals surface area contributed by atoms with Gasteiger partial charge in [-0.2, -0.15) is 0 Å². The predicted octanol–water partition coefficient (Wildman–Crippen LogP) is 1.62. The van der Waals surface area contributed by atoms with Crippen LogP contribution in [0.2, 0.25) is 0 Å². The first-order chi connectivity index (χ1) is 9.15. The zero-order chi connectivity index (χ0) is 13.4. The summed E-state index contributed by atoms with van der Waals surface area (Å²) in [5, 5.41) is 1.11. The molecule has 1 aromatic heterocycles. The minimum atomic E-state index is -0.823. The molecule has 19 heavy (non-hydrogen) atoms. The van der Waals surface area contributed by atoms with Crippen LogP contribution in [0, 0.1) is 13.8 Å². The Morgan fingerprint density at radius 3 is 2.47 bits per heavy atom. The molecule has 4 nitrogen and oxygen atoms in total. The van der Waals surface area contributed by atoms with Crippen molar-refractivity contribution in [2.75, 3.05) is 44.3 Å². The highest BCUT2D eigenvalue weighted by molar-refractivity contribution is 7.15. The van der Waals surface area contributed by atoms with E-state index in [1.165, 1.54) is 4.88 Å². The summed E-state index contributed by atoms with van der Waals surface area (Å²) in [7, 11) is 0. The molecule has 3 rings (SSSR count). The number of piperazine rings is 1. The highest BCUT2D eigenvalue weighted by Gasteiger charge is 2.35. The molecule has 2 aliphatic rings. The van der Waals surface area contributed by atoms with Crippen LogP contribution in [0.5, 0.6) is 0 Å². The molecular formula is C13H20FN3OS. The van der Waals surface area contributed by atoms with Gasteiger partial charge >= 0.3 is 0 Å². The van der Waals surface area contributed by atoms with Crippen LogP contribution in [-0.4, -0.2) is 61.5 Å². The van der Waals surface area contributed by atoms with E-state index < -0.39 is 6.17 Å². The first-order valence-electron chi connectivity index (χ1n) is 6.80. The van der Waals surface area contributed by atoms with E-state index in [1.807, 2.05) is 0 Å². The average Bonchev–Trinajstić information content (AvgIpc) is 2.97. The average molecular weight is 285 g/mol. The van der Waals surface area contributed by atoms with E-state index in [2.05, 4.69) is 28.6 Å². The molecule has 0 aliphatic carbocycles.